The maximum Gasteiger partial charge on any atom is 0.253 e. The van der Waals surface area contributed by atoms with Gasteiger partial charge in [-0.05, 0) is 31.4 Å². The molecule has 0 radical (unpaired) electrons. The highest BCUT2D eigenvalue weighted by Crippen LogP contribution is 2.29. The Balaban J connectivity index is 2.11. The Hall–Kier alpha value is -1.42. The van der Waals surface area contributed by atoms with Crippen molar-refractivity contribution >= 4 is 5.91 Å². The minimum atomic E-state index is -0.416. The lowest BCUT2D eigenvalue weighted by atomic mass is 9.98. The van der Waals surface area contributed by atoms with E-state index in [-0.39, 0.29) is 12.5 Å². The second-order valence-electron chi connectivity index (χ2n) is 4.85. The van der Waals surface area contributed by atoms with Crippen molar-refractivity contribution in [2.24, 2.45) is 0 Å². The van der Waals surface area contributed by atoms with Gasteiger partial charge in [0.05, 0.1) is 17.7 Å². The molecule has 1 heterocycles. The molecule has 0 aliphatic heterocycles. The van der Waals surface area contributed by atoms with Crippen LogP contribution in [0.4, 0.5) is 0 Å². The van der Waals surface area contributed by atoms with E-state index in [4.69, 9.17) is 0 Å². The average molecular weight is 234 g/mol. The number of carbonyl (C=O) groups excluding carboxylic acids is 1. The van der Waals surface area contributed by atoms with E-state index in [1.165, 1.54) is 0 Å². The number of amides is 1. The van der Waals surface area contributed by atoms with Gasteiger partial charge in [-0.1, -0.05) is 12.8 Å². The molecule has 1 amide bonds. The molecule has 4 heteroatoms. The first kappa shape index (κ1) is 12.0. The van der Waals surface area contributed by atoms with E-state index in [0.29, 0.717) is 5.56 Å². The molecule has 1 fully saturated rings. The summed E-state index contributed by atoms with van der Waals surface area (Å²) >= 11 is 0. The number of hydrogen-bond donors (Lipinski definition) is 2. The normalized spacial score (nSPS) is 18.0. The Labute approximate surface area is 101 Å². The molecule has 0 saturated heterocycles. The highest BCUT2D eigenvalue weighted by atomic mass is 16.3. The maximum absolute atomic E-state index is 12.1. The highest BCUT2D eigenvalue weighted by molar-refractivity contribution is 5.94. The summed E-state index contributed by atoms with van der Waals surface area (Å²) in [4.78, 5) is 16.1. The smallest absolute Gasteiger partial charge is 0.253 e. The first-order valence-electron chi connectivity index (χ1n) is 6.00. The van der Waals surface area contributed by atoms with Crippen LogP contribution in [0.5, 0.6) is 0 Å². The number of rotatable bonds is 3. The quantitative estimate of drug-likeness (QED) is 0.831. The SMILES string of the molecule is Cc1cncc(C(=O)NC2(CO)CCCC2)c1. The van der Waals surface area contributed by atoms with E-state index in [2.05, 4.69) is 10.3 Å². The predicted octanol–water partition coefficient (Wildman–Crippen LogP) is 1.42. The van der Waals surface area contributed by atoms with Crippen LogP contribution in [-0.4, -0.2) is 28.1 Å². The lowest BCUT2D eigenvalue weighted by Crippen LogP contribution is -2.49. The molecular formula is C13H18N2O2. The maximum atomic E-state index is 12.1. The van der Waals surface area contributed by atoms with Crippen LogP contribution in [0.15, 0.2) is 18.5 Å². The van der Waals surface area contributed by atoms with Gasteiger partial charge in [0.1, 0.15) is 0 Å². The summed E-state index contributed by atoms with van der Waals surface area (Å²) in [6.07, 6.45) is 7.11. The fourth-order valence-corrected chi connectivity index (χ4v) is 2.37. The molecule has 17 heavy (non-hydrogen) atoms. The van der Waals surface area contributed by atoms with Gasteiger partial charge in [-0.3, -0.25) is 9.78 Å². The van der Waals surface area contributed by atoms with Gasteiger partial charge in [-0.15, -0.1) is 0 Å². The largest absolute Gasteiger partial charge is 0.394 e. The molecule has 1 aromatic heterocycles. The van der Waals surface area contributed by atoms with Crippen LogP contribution in [0, 0.1) is 6.92 Å². The molecule has 0 bridgehead atoms. The van der Waals surface area contributed by atoms with Gasteiger partial charge < -0.3 is 10.4 Å². The Morgan fingerprint density at radius 3 is 2.76 bits per heavy atom. The molecule has 2 rings (SSSR count). The van der Waals surface area contributed by atoms with Crippen LogP contribution >= 0.6 is 0 Å². The van der Waals surface area contributed by atoms with Crippen LogP contribution in [0.25, 0.3) is 0 Å². The molecule has 92 valence electrons. The number of nitrogens with zero attached hydrogens (tertiary/aromatic N) is 1. The number of hydrogen-bond acceptors (Lipinski definition) is 3. The van der Waals surface area contributed by atoms with E-state index in [0.717, 1.165) is 31.2 Å². The molecule has 2 N–H and O–H groups in total. The van der Waals surface area contributed by atoms with Crippen molar-refractivity contribution in [1.29, 1.82) is 0 Å². The number of aromatic nitrogens is 1. The number of carbonyl (C=O) groups is 1. The van der Waals surface area contributed by atoms with Gasteiger partial charge in [0.25, 0.3) is 5.91 Å². The topological polar surface area (TPSA) is 62.2 Å². The fourth-order valence-electron chi connectivity index (χ4n) is 2.37. The summed E-state index contributed by atoms with van der Waals surface area (Å²) in [5.41, 5.74) is 1.10. The zero-order valence-corrected chi connectivity index (χ0v) is 10.1. The number of aliphatic hydroxyl groups excluding tert-OH is 1. The molecule has 1 aliphatic carbocycles. The number of aliphatic hydroxyl groups is 1. The van der Waals surface area contributed by atoms with Gasteiger partial charge in [0.2, 0.25) is 0 Å². The molecule has 0 unspecified atom stereocenters. The Morgan fingerprint density at radius 2 is 2.18 bits per heavy atom. The van der Waals surface area contributed by atoms with E-state index in [1.807, 2.05) is 13.0 Å². The Morgan fingerprint density at radius 1 is 1.47 bits per heavy atom. The van der Waals surface area contributed by atoms with Gasteiger partial charge in [-0.25, -0.2) is 0 Å². The van der Waals surface area contributed by atoms with Gasteiger partial charge in [0.15, 0.2) is 0 Å². The third-order valence-corrected chi connectivity index (χ3v) is 3.38. The monoisotopic (exact) mass is 234 g/mol. The lowest BCUT2D eigenvalue weighted by Gasteiger charge is -2.27. The van der Waals surface area contributed by atoms with Crippen molar-refractivity contribution < 1.29 is 9.90 Å². The van der Waals surface area contributed by atoms with Gasteiger partial charge in [0, 0.05) is 12.4 Å². The molecule has 0 aromatic carbocycles. The summed E-state index contributed by atoms with van der Waals surface area (Å²) in [6.45, 7) is 1.92. The minimum absolute atomic E-state index is 0.0119. The lowest BCUT2D eigenvalue weighted by molar-refractivity contribution is 0.0838. The number of pyridine rings is 1. The van der Waals surface area contributed by atoms with Crippen LogP contribution < -0.4 is 5.32 Å². The van der Waals surface area contributed by atoms with Crippen molar-refractivity contribution in [3.63, 3.8) is 0 Å². The van der Waals surface area contributed by atoms with Crippen LogP contribution in [0.3, 0.4) is 0 Å². The zero-order chi connectivity index (χ0) is 12.3. The summed E-state index contributed by atoms with van der Waals surface area (Å²) < 4.78 is 0. The number of aryl methyl sites for hydroxylation is 1. The molecule has 4 nitrogen and oxygen atoms in total. The summed E-state index contributed by atoms with van der Waals surface area (Å²) in [5, 5.41) is 12.4. The second-order valence-corrected chi connectivity index (χ2v) is 4.85. The standard InChI is InChI=1S/C13H18N2O2/c1-10-6-11(8-14-7-10)12(17)15-13(9-16)4-2-3-5-13/h6-8,16H,2-5,9H2,1H3,(H,15,17). The third kappa shape index (κ3) is 2.64. The predicted molar refractivity (Wildman–Crippen MR) is 64.7 cm³/mol. The van der Waals surface area contributed by atoms with Crippen molar-refractivity contribution in [3.05, 3.63) is 29.6 Å². The second kappa shape index (κ2) is 4.84. The van der Waals surface area contributed by atoms with Crippen molar-refractivity contribution in [1.82, 2.24) is 10.3 Å². The van der Waals surface area contributed by atoms with Gasteiger partial charge >= 0.3 is 0 Å². The summed E-state index contributed by atoms with van der Waals surface area (Å²) in [5.74, 6) is -0.142. The van der Waals surface area contributed by atoms with E-state index in [9.17, 15) is 9.90 Å². The molecular weight excluding hydrogens is 216 g/mol. The summed E-state index contributed by atoms with van der Waals surface area (Å²) in [6, 6.07) is 1.81. The fraction of sp³-hybridized carbons (Fsp3) is 0.538. The van der Waals surface area contributed by atoms with E-state index < -0.39 is 5.54 Å². The Bertz CT molecular complexity index is 412. The van der Waals surface area contributed by atoms with Crippen molar-refractivity contribution in [3.8, 4) is 0 Å². The molecule has 1 saturated carbocycles. The molecule has 0 spiro atoms. The first-order chi connectivity index (χ1) is 8.15. The summed E-state index contributed by atoms with van der Waals surface area (Å²) in [7, 11) is 0. The van der Waals surface area contributed by atoms with Gasteiger partial charge in [-0.2, -0.15) is 0 Å². The number of nitrogens with one attached hydrogen (secondary N) is 1. The average Bonchev–Trinajstić information content (AvgIpc) is 2.78. The molecule has 1 aromatic rings. The van der Waals surface area contributed by atoms with Crippen LogP contribution in [-0.2, 0) is 0 Å². The Kier molecular flexibility index (Phi) is 3.43. The van der Waals surface area contributed by atoms with Crippen molar-refractivity contribution in [2.75, 3.05) is 6.61 Å². The van der Waals surface area contributed by atoms with E-state index >= 15 is 0 Å². The third-order valence-electron chi connectivity index (χ3n) is 3.38. The first-order valence-corrected chi connectivity index (χ1v) is 6.00. The highest BCUT2D eigenvalue weighted by Gasteiger charge is 2.34. The van der Waals surface area contributed by atoms with Crippen molar-refractivity contribution in [2.45, 2.75) is 38.1 Å². The molecule has 0 atom stereocenters. The zero-order valence-electron chi connectivity index (χ0n) is 10.1. The van der Waals surface area contributed by atoms with Crippen LogP contribution in [0.1, 0.15) is 41.6 Å². The minimum Gasteiger partial charge on any atom is -0.394 e. The molecule has 1 aliphatic rings. The van der Waals surface area contributed by atoms with Crippen LogP contribution in [0.2, 0.25) is 0 Å². The van der Waals surface area contributed by atoms with E-state index in [1.54, 1.807) is 12.4 Å².